The number of benzene rings is 1. The number of nitrogens with two attached hydrogens (primary N) is 1. The van der Waals surface area contributed by atoms with E-state index in [0.717, 1.165) is 18.9 Å². The second kappa shape index (κ2) is 5.16. The van der Waals surface area contributed by atoms with E-state index in [-0.39, 0.29) is 23.2 Å². The van der Waals surface area contributed by atoms with Gasteiger partial charge in [0, 0.05) is 6.04 Å². The van der Waals surface area contributed by atoms with Gasteiger partial charge >= 0.3 is 0 Å². The van der Waals surface area contributed by atoms with Crippen molar-refractivity contribution in [1.29, 1.82) is 0 Å². The quantitative estimate of drug-likeness (QED) is 0.860. The Morgan fingerprint density at radius 2 is 2.10 bits per heavy atom. The van der Waals surface area contributed by atoms with Crippen molar-refractivity contribution in [1.82, 2.24) is 4.31 Å². The molecule has 7 heteroatoms. The van der Waals surface area contributed by atoms with Gasteiger partial charge in [0.2, 0.25) is 10.0 Å². The molecule has 2 aromatic rings. The van der Waals surface area contributed by atoms with Gasteiger partial charge in [-0.3, -0.25) is 0 Å². The van der Waals surface area contributed by atoms with Crippen LogP contribution in [0.3, 0.4) is 0 Å². The Labute approximate surface area is 122 Å². The molecule has 0 atom stereocenters. The lowest BCUT2D eigenvalue weighted by Gasteiger charge is -2.21. The predicted molar refractivity (Wildman–Crippen MR) is 75.3 cm³/mol. The van der Waals surface area contributed by atoms with Gasteiger partial charge in [0.05, 0.1) is 23.4 Å². The number of halogens is 1. The minimum absolute atomic E-state index is 0.0549. The standard InChI is InChI=1S/C14H15FN2O3S/c15-13-8-12(5-6-14(13)16)21(18,19)17(10-3-4-10)9-11-2-1-7-20-11/h1-2,5-8,10H,3-4,9,16H2. The van der Waals surface area contributed by atoms with E-state index in [4.69, 9.17) is 10.2 Å². The molecule has 0 aliphatic heterocycles. The molecule has 1 fully saturated rings. The second-order valence-electron chi connectivity index (χ2n) is 5.04. The van der Waals surface area contributed by atoms with Crippen molar-refractivity contribution in [3.63, 3.8) is 0 Å². The van der Waals surface area contributed by atoms with E-state index < -0.39 is 15.8 Å². The molecule has 0 unspecified atom stereocenters. The molecule has 0 bridgehead atoms. The average molecular weight is 310 g/mol. The van der Waals surface area contributed by atoms with Gasteiger partial charge in [0.1, 0.15) is 11.6 Å². The number of hydrogen-bond donors (Lipinski definition) is 1. The van der Waals surface area contributed by atoms with Gasteiger partial charge in [-0.25, -0.2) is 12.8 Å². The highest BCUT2D eigenvalue weighted by atomic mass is 32.2. The normalized spacial score (nSPS) is 15.5. The Morgan fingerprint density at radius 1 is 1.33 bits per heavy atom. The Morgan fingerprint density at radius 3 is 2.67 bits per heavy atom. The van der Waals surface area contributed by atoms with Crippen LogP contribution in [0.25, 0.3) is 0 Å². The van der Waals surface area contributed by atoms with Gasteiger partial charge in [-0.05, 0) is 43.2 Å². The van der Waals surface area contributed by atoms with Crippen LogP contribution in [0, 0.1) is 5.82 Å². The number of nitrogens with zero attached hydrogens (tertiary/aromatic N) is 1. The first-order valence-electron chi connectivity index (χ1n) is 6.58. The van der Waals surface area contributed by atoms with E-state index >= 15 is 0 Å². The molecular formula is C14H15FN2O3S. The number of anilines is 1. The summed E-state index contributed by atoms with van der Waals surface area (Å²) in [6, 6.07) is 6.92. The molecule has 21 heavy (non-hydrogen) atoms. The number of hydrogen-bond acceptors (Lipinski definition) is 4. The summed E-state index contributed by atoms with van der Waals surface area (Å²) in [5, 5.41) is 0. The van der Waals surface area contributed by atoms with Crippen molar-refractivity contribution in [2.45, 2.75) is 30.3 Å². The minimum Gasteiger partial charge on any atom is -0.468 e. The molecule has 0 saturated heterocycles. The van der Waals surface area contributed by atoms with Crippen molar-refractivity contribution in [3.8, 4) is 0 Å². The summed E-state index contributed by atoms with van der Waals surface area (Å²) in [6.07, 6.45) is 3.10. The van der Waals surface area contributed by atoms with E-state index in [9.17, 15) is 12.8 Å². The van der Waals surface area contributed by atoms with Gasteiger partial charge in [0.15, 0.2) is 0 Å². The molecule has 1 saturated carbocycles. The zero-order chi connectivity index (χ0) is 15.0. The molecule has 0 radical (unpaired) electrons. The topological polar surface area (TPSA) is 76.5 Å². The smallest absolute Gasteiger partial charge is 0.243 e. The molecule has 1 heterocycles. The van der Waals surface area contributed by atoms with Crippen molar-refractivity contribution in [3.05, 3.63) is 48.2 Å². The first-order chi connectivity index (χ1) is 9.98. The van der Waals surface area contributed by atoms with Crippen LogP contribution in [0.4, 0.5) is 10.1 Å². The third-order valence-electron chi connectivity index (χ3n) is 3.42. The fourth-order valence-electron chi connectivity index (χ4n) is 2.13. The molecule has 3 rings (SSSR count). The molecule has 1 aliphatic rings. The van der Waals surface area contributed by atoms with Crippen LogP contribution in [-0.2, 0) is 16.6 Å². The SMILES string of the molecule is Nc1ccc(S(=O)(=O)N(Cc2ccco2)C2CC2)cc1F. The first-order valence-corrected chi connectivity index (χ1v) is 8.02. The maximum Gasteiger partial charge on any atom is 0.243 e. The molecule has 1 aromatic heterocycles. The summed E-state index contributed by atoms with van der Waals surface area (Å²) >= 11 is 0. The van der Waals surface area contributed by atoms with Crippen molar-refractivity contribution < 1.29 is 17.2 Å². The van der Waals surface area contributed by atoms with Crippen LogP contribution in [0.5, 0.6) is 0 Å². The van der Waals surface area contributed by atoms with E-state index in [1.807, 2.05) is 0 Å². The van der Waals surface area contributed by atoms with Crippen LogP contribution < -0.4 is 5.73 Å². The highest BCUT2D eigenvalue weighted by Gasteiger charge is 2.38. The average Bonchev–Trinajstić information content (AvgIpc) is 3.15. The lowest BCUT2D eigenvalue weighted by Crippen LogP contribution is -2.32. The second-order valence-corrected chi connectivity index (χ2v) is 6.93. The molecule has 0 spiro atoms. The Hall–Kier alpha value is -1.86. The molecule has 112 valence electrons. The van der Waals surface area contributed by atoms with Crippen molar-refractivity contribution in [2.24, 2.45) is 0 Å². The molecule has 0 amide bonds. The molecule has 2 N–H and O–H groups in total. The molecule has 1 aliphatic carbocycles. The monoisotopic (exact) mass is 310 g/mol. The summed E-state index contributed by atoms with van der Waals surface area (Å²) in [5.41, 5.74) is 5.32. The zero-order valence-electron chi connectivity index (χ0n) is 11.2. The maximum absolute atomic E-state index is 13.5. The van der Waals surface area contributed by atoms with E-state index in [1.165, 1.54) is 22.7 Å². The lowest BCUT2D eigenvalue weighted by molar-refractivity contribution is 0.356. The third kappa shape index (κ3) is 2.79. The molecule has 5 nitrogen and oxygen atoms in total. The van der Waals surface area contributed by atoms with E-state index in [2.05, 4.69) is 0 Å². The molecular weight excluding hydrogens is 295 g/mol. The predicted octanol–water partition coefficient (Wildman–Crippen LogP) is 2.35. The number of nitrogen functional groups attached to an aromatic ring is 1. The van der Waals surface area contributed by atoms with E-state index in [0.29, 0.717) is 5.76 Å². The summed E-state index contributed by atoms with van der Waals surface area (Å²) < 4.78 is 45.5. The number of furan rings is 1. The highest BCUT2D eigenvalue weighted by molar-refractivity contribution is 7.89. The minimum atomic E-state index is -3.78. The summed E-state index contributed by atoms with van der Waals surface area (Å²) in [4.78, 5) is -0.0901. The van der Waals surface area contributed by atoms with Crippen molar-refractivity contribution in [2.75, 3.05) is 5.73 Å². The van der Waals surface area contributed by atoms with Crippen molar-refractivity contribution >= 4 is 15.7 Å². The van der Waals surface area contributed by atoms with Gasteiger partial charge in [-0.15, -0.1) is 0 Å². The van der Waals surface area contributed by atoms with Crippen LogP contribution >= 0.6 is 0 Å². The third-order valence-corrected chi connectivity index (χ3v) is 5.32. The first kappa shape index (κ1) is 14.1. The van der Waals surface area contributed by atoms with Crippen LogP contribution in [0.15, 0.2) is 45.9 Å². The van der Waals surface area contributed by atoms with E-state index in [1.54, 1.807) is 12.1 Å². The maximum atomic E-state index is 13.5. The Balaban J connectivity index is 1.95. The Kier molecular flexibility index (Phi) is 3.46. The molecule has 1 aromatic carbocycles. The summed E-state index contributed by atoms with van der Waals surface area (Å²) in [7, 11) is -3.78. The van der Waals surface area contributed by atoms with Crippen LogP contribution in [0.2, 0.25) is 0 Å². The van der Waals surface area contributed by atoms with Gasteiger partial charge in [-0.2, -0.15) is 4.31 Å². The van der Waals surface area contributed by atoms with Gasteiger partial charge in [-0.1, -0.05) is 0 Å². The number of sulfonamides is 1. The van der Waals surface area contributed by atoms with Gasteiger partial charge in [0.25, 0.3) is 0 Å². The zero-order valence-corrected chi connectivity index (χ0v) is 12.0. The van der Waals surface area contributed by atoms with Crippen LogP contribution in [0.1, 0.15) is 18.6 Å². The lowest BCUT2D eigenvalue weighted by atomic mass is 10.3. The summed E-state index contributed by atoms with van der Waals surface area (Å²) in [6.45, 7) is 0.145. The summed E-state index contributed by atoms with van der Waals surface area (Å²) in [5.74, 6) is -0.175. The largest absolute Gasteiger partial charge is 0.468 e. The van der Waals surface area contributed by atoms with Crippen LogP contribution in [-0.4, -0.2) is 18.8 Å². The fourth-order valence-corrected chi connectivity index (χ4v) is 3.80. The highest BCUT2D eigenvalue weighted by Crippen LogP contribution is 2.34. The number of rotatable bonds is 5. The van der Waals surface area contributed by atoms with Gasteiger partial charge < -0.3 is 10.2 Å². The fraction of sp³-hybridized carbons (Fsp3) is 0.286. The Bertz CT molecular complexity index is 740.